The van der Waals surface area contributed by atoms with E-state index in [0.29, 0.717) is 6.61 Å². The summed E-state index contributed by atoms with van der Waals surface area (Å²) < 4.78 is 10.9. The molecule has 0 radical (unpaired) electrons. The summed E-state index contributed by atoms with van der Waals surface area (Å²) in [5.74, 6) is 0.820. The Labute approximate surface area is 136 Å². The molecule has 1 amide bonds. The number of rotatable bonds is 4. The van der Waals surface area contributed by atoms with Crippen molar-refractivity contribution in [3.63, 3.8) is 0 Å². The lowest BCUT2D eigenvalue weighted by atomic mass is 10.0. The van der Waals surface area contributed by atoms with Crippen molar-refractivity contribution < 1.29 is 14.3 Å². The van der Waals surface area contributed by atoms with Gasteiger partial charge < -0.3 is 14.4 Å². The summed E-state index contributed by atoms with van der Waals surface area (Å²) in [5, 5.41) is 0. The Hall–Kier alpha value is -2.49. The second-order valence-electron chi connectivity index (χ2n) is 5.63. The van der Waals surface area contributed by atoms with E-state index in [9.17, 15) is 4.79 Å². The maximum atomic E-state index is 12.5. The van der Waals surface area contributed by atoms with Gasteiger partial charge in [-0.3, -0.25) is 0 Å². The molecule has 0 bridgehead atoms. The highest BCUT2D eigenvalue weighted by Crippen LogP contribution is 2.37. The fourth-order valence-corrected chi connectivity index (χ4v) is 3.05. The van der Waals surface area contributed by atoms with Crippen molar-refractivity contribution in [2.75, 3.05) is 13.7 Å². The van der Waals surface area contributed by atoms with Gasteiger partial charge >= 0.3 is 6.09 Å². The van der Waals surface area contributed by atoms with Gasteiger partial charge in [0, 0.05) is 12.1 Å². The molecule has 1 heterocycles. The number of carbonyl (C=O) groups is 1. The summed E-state index contributed by atoms with van der Waals surface area (Å²) in [6, 6.07) is 17.6. The lowest BCUT2D eigenvalue weighted by molar-refractivity contribution is 0.0917. The van der Waals surface area contributed by atoms with Crippen molar-refractivity contribution in [3.05, 3.63) is 65.7 Å². The zero-order valence-corrected chi connectivity index (χ0v) is 13.3. The summed E-state index contributed by atoms with van der Waals surface area (Å²) in [6.07, 6.45) is 1.64. The smallest absolute Gasteiger partial charge is 0.410 e. The first kappa shape index (κ1) is 15.4. The number of nitrogens with zero attached hydrogens (tertiary/aromatic N) is 1. The number of likely N-dealkylation sites (tertiary alicyclic amines) is 1. The molecular weight excluding hydrogens is 290 g/mol. The minimum absolute atomic E-state index is 0.0226. The molecule has 1 aliphatic heterocycles. The topological polar surface area (TPSA) is 38.8 Å². The molecule has 0 unspecified atom stereocenters. The molecule has 1 aliphatic rings. The van der Waals surface area contributed by atoms with E-state index >= 15 is 0 Å². The van der Waals surface area contributed by atoms with Crippen LogP contribution in [0.2, 0.25) is 0 Å². The van der Waals surface area contributed by atoms with E-state index in [0.717, 1.165) is 36.3 Å². The molecule has 0 N–H and O–H groups in total. The Morgan fingerprint density at radius 1 is 1.13 bits per heavy atom. The van der Waals surface area contributed by atoms with Gasteiger partial charge in [-0.2, -0.15) is 0 Å². The number of carbonyl (C=O) groups excluding carboxylic acids is 1. The van der Waals surface area contributed by atoms with Crippen LogP contribution in [-0.2, 0) is 11.3 Å². The van der Waals surface area contributed by atoms with Crippen LogP contribution >= 0.6 is 0 Å². The zero-order valence-electron chi connectivity index (χ0n) is 13.3. The molecule has 120 valence electrons. The minimum atomic E-state index is -0.262. The summed E-state index contributed by atoms with van der Waals surface area (Å²) in [7, 11) is 1.66. The number of amides is 1. The number of para-hydroxylation sites is 1. The van der Waals surface area contributed by atoms with Crippen molar-refractivity contribution in [2.24, 2.45) is 0 Å². The predicted molar refractivity (Wildman–Crippen MR) is 88.3 cm³/mol. The van der Waals surface area contributed by atoms with Crippen LogP contribution in [0.4, 0.5) is 4.79 Å². The number of ether oxygens (including phenoxy) is 2. The maximum Gasteiger partial charge on any atom is 0.410 e. The van der Waals surface area contributed by atoms with Gasteiger partial charge in [-0.25, -0.2) is 4.79 Å². The number of hydrogen-bond donors (Lipinski definition) is 0. The van der Waals surface area contributed by atoms with Crippen LogP contribution in [0.15, 0.2) is 54.6 Å². The quantitative estimate of drug-likeness (QED) is 0.850. The second kappa shape index (κ2) is 7.18. The number of benzene rings is 2. The molecule has 0 aromatic heterocycles. The van der Waals surface area contributed by atoms with Crippen molar-refractivity contribution in [1.82, 2.24) is 4.90 Å². The third-order valence-electron chi connectivity index (χ3n) is 4.19. The second-order valence-corrected chi connectivity index (χ2v) is 5.63. The molecule has 3 rings (SSSR count). The van der Waals surface area contributed by atoms with Gasteiger partial charge in [0.25, 0.3) is 0 Å². The first-order chi connectivity index (χ1) is 11.3. The maximum absolute atomic E-state index is 12.5. The Balaban J connectivity index is 1.70. The molecule has 1 saturated heterocycles. The fourth-order valence-electron chi connectivity index (χ4n) is 3.05. The number of hydrogen-bond acceptors (Lipinski definition) is 3. The Kier molecular flexibility index (Phi) is 4.81. The molecule has 0 saturated carbocycles. The third-order valence-corrected chi connectivity index (χ3v) is 4.19. The van der Waals surface area contributed by atoms with Crippen LogP contribution in [0.25, 0.3) is 0 Å². The molecule has 4 heteroatoms. The van der Waals surface area contributed by atoms with E-state index in [1.807, 2.05) is 54.6 Å². The SMILES string of the molecule is COc1ccccc1[C@H]1CCCN1C(=O)OCc1ccccc1. The standard InChI is InChI=1S/C19H21NO3/c1-22-18-12-6-5-10-16(18)17-11-7-13-20(17)19(21)23-14-15-8-3-2-4-9-15/h2-6,8-10,12,17H,7,11,13-14H2,1H3/t17-/m1/s1. The van der Waals surface area contributed by atoms with Crippen LogP contribution in [0.5, 0.6) is 5.75 Å². The molecule has 2 aromatic rings. The van der Waals surface area contributed by atoms with Crippen molar-refractivity contribution in [1.29, 1.82) is 0 Å². The normalized spacial score (nSPS) is 17.1. The van der Waals surface area contributed by atoms with E-state index in [1.54, 1.807) is 12.0 Å². The van der Waals surface area contributed by atoms with Gasteiger partial charge in [-0.1, -0.05) is 48.5 Å². The van der Waals surface area contributed by atoms with E-state index in [-0.39, 0.29) is 12.1 Å². The molecule has 2 aromatic carbocycles. The molecule has 0 aliphatic carbocycles. The lowest BCUT2D eigenvalue weighted by Crippen LogP contribution is -2.31. The summed E-state index contributed by atoms with van der Waals surface area (Å²) >= 11 is 0. The molecule has 23 heavy (non-hydrogen) atoms. The van der Waals surface area contributed by atoms with Crippen LogP contribution in [0.3, 0.4) is 0 Å². The lowest BCUT2D eigenvalue weighted by Gasteiger charge is -2.25. The van der Waals surface area contributed by atoms with Crippen molar-refractivity contribution in [3.8, 4) is 5.75 Å². The predicted octanol–water partition coefficient (Wildman–Crippen LogP) is 4.17. The Morgan fingerprint density at radius 3 is 2.65 bits per heavy atom. The van der Waals surface area contributed by atoms with Gasteiger partial charge in [0.05, 0.1) is 13.2 Å². The summed E-state index contributed by atoms with van der Waals surface area (Å²) in [4.78, 5) is 14.3. The van der Waals surface area contributed by atoms with Crippen LogP contribution < -0.4 is 4.74 Å². The highest BCUT2D eigenvalue weighted by atomic mass is 16.6. The monoisotopic (exact) mass is 311 g/mol. The van der Waals surface area contributed by atoms with Gasteiger partial charge in [0.15, 0.2) is 0 Å². The van der Waals surface area contributed by atoms with Gasteiger partial charge in [-0.15, -0.1) is 0 Å². The Bertz CT molecular complexity index is 657. The molecule has 0 spiro atoms. The molecule has 4 nitrogen and oxygen atoms in total. The summed E-state index contributed by atoms with van der Waals surface area (Å²) in [5.41, 5.74) is 2.04. The summed E-state index contributed by atoms with van der Waals surface area (Å²) in [6.45, 7) is 1.02. The van der Waals surface area contributed by atoms with Crippen LogP contribution in [0.1, 0.15) is 30.0 Å². The van der Waals surface area contributed by atoms with Crippen molar-refractivity contribution >= 4 is 6.09 Å². The largest absolute Gasteiger partial charge is 0.496 e. The third kappa shape index (κ3) is 3.47. The Morgan fingerprint density at radius 2 is 1.87 bits per heavy atom. The van der Waals surface area contributed by atoms with Crippen molar-refractivity contribution in [2.45, 2.75) is 25.5 Å². The zero-order chi connectivity index (χ0) is 16.1. The highest BCUT2D eigenvalue weighted by Gasteiger charge is 2.32. The number of methoxy groups -OCH3 is 1. The molecular formula is C19H21NO3. The van der Waals surface area contributed by atoms with Crippen LogP contribution in [-0.4, -0.2) is 24.6 Å². The van der Waals surface area contributed by atoms with Crippen LogP contribution in [0, 0.1) is 0 Å². The fraction of sp³-hybridized carbons (Fsp3) is 0.316. The van der Waals surface area contributed by atoms with E-state index in [1.165, 1.54) is 0 Å². The van der Waals surface area contributed by atoms with E-state index in [2.05, 4.69) is 0 Å². The average molecular weight is 311 g/mol. The van der Waals surface area contributed by atoms with Gasteiger partial charge in [-0.05, 0) is 24.5 Å². The first-order valence-corrected chi connectivity index (χ1v) is 7.90. The van der Waals surface area contributed by atoms with E-state index in [4.69, 9.17) is 9.47 Å². The highest BCUT2D eigenvalue weighted by molar-refractivity contribution is 5.69. The molecule has 1 atom stereocenters. The van der Waals surface area contributed by atoms with Gasteiger partial charge in [0.2, 0.25) is 0 Å². The average Bonchev–Trinajstić information content (AvgIpc) is 3.10. The minimum Gasteiger partial charge on any atom is -0.496 e. The van der Waals surface area contributed by atoms with Gasteiger partial charge in [0.1, 0.15) is 12.4 Å². The molecule has 1 fully saturated rings. The van der Waals surface area contributed by atoms with E-state index < -0.39 is 0 Å². The first-order valence-electron chi connectivity index (χ1n) is 7.90.